The first kappa shape index (κ1) is 18.0. The molecule has 0 bridgehead atoms. The van der Waals surface area contributed by atoms with Crippen molar-refractivity contribution in [2.45, 2.75) is 39.5 Å². The Morgan fingerprint density at radius 2 is 1.92 bits per heavy atom. The van der Waals surface area contributed by atoms with Crippen LogP contribution in [-0.2, 0) is 22.4 Å². The van der Waals surface area contributed by atoms with Gasteiger partial charge in [-0.05, 0) is 54.9 Å². The number of rotatable bonds is 6. The number of urea groups is 1. The van der Waals surface area contributed by atoms with Crippen LogP contribution in [0, 0.1) is 5.92 Å². The van der Waals surface area contributed by atoms with Gasteiger partial charge in [0, 0.05) is 6.54 Å². The van der Waals surface area contributed by atoms with Gasteiger partial charge in [0.1, 0.15) is 0 Å². The lowest BCUT2D eigenvalue weighted by atomic mass is 10.1. The van der Waals surface area contributed by atoms with Gasteiger partial charge in [0.05, 0.1) is 5.56 Å². The molecule has 0 radical (unpaired) electrons. The summed E-state index contributed by atoms with van der Waals surface area (Å²) in [5.41, 5.74) is 2.87. The van der Waals surface area contributed by atoms with E-state index in [9.17, 15) is 14.4 Å². The normalized spacial score (nSPS) is 12.6. The van der Waals surface area contributed by atoms with E-state index in [1.807, 2.05) is 26.0 Å². The molecule has 3 amide bonds. The Kier molecular flexibility index (Phi) is 6.35. The molecule has 6 nitrogen and oxygen atoms in total. The van der Waals surface area contributed by atoms with Crippen LogP contribution in [0.3, 0.4) is 0 Å². The molecule has 0 fully saturated rings. The molecule has 0 heterocycles. The van der Waals surface area contributed by atoms with Crippen molar-refractivity contribution >= 4 is 17.9 Å². The summed E-state index contributed by atoms with van der Waals surface area (Å²) in [5.74, 6) is -0.735. The molecule has 1 aromatic rings. The summed E-state index contributed by atoms with van der Waals surface area (Å²) >= 11 is 0. The van der Waals surface area contributed by atoms with Crippen molar-refractivity contribution in [3.63, 3.8) is 0 Å². The van der Waals surface area contributed by atoms with E-state index in [4.69, 9.17) is 4.74 Å². The van der Waals surface area contributed by atoms with Crippen molar-refractivity contribution in [1.29, 1.82) is 0 Å². The third-order valence-electron chi connectivity index (χ3n) is 3.93. The van der Waals surface area contributed by atoms with Crippen molar-refractivity contribution in [2.24, 2.45) is 5.92 Å². The summed E-state index contributed by atoms with van der Waals surface area (Å²) in [6.07, 6.45) is 3.93. The molecule has 6 heteroatoms. The molecule has 0 saturated carbocycles. The molecule has 0 saturated heterocycles. The third-order valence-corrected chi connectivity index (χ3v) is 3.93. The molecule has 1 aromatic carbocycles. The predicted molar refractivity (Wildman–Crippen MR) is 89.7 cm³/mol. The fraction of sp³-hybridized carbons (Fsp3) is 0.500. The Morgan fingerprint density at radius 1 is 1.17 bits per heavy atom. The number of hydrogen-bond acceptors (Lipinski definition) is 4. The summed E-state index contributed by atoms with van der Waals surface area (Å²) in [5, 5.41) is 4.72. The Balaban J connectivity index is 1.73. The number of imide groups is 1. The summed E-state index contributed by atoms with van der Waals surface area (Å²) in [4.78, 5) is 35.1. The lowest BCUT2D eigenvalue weighted by molar-refractivity contribution is -0.123. The van der Waals surface area contributed by atoms with E-state index >= 15 is 0 Å². The molecule has 1 aliphatic carbocycles. The van der Waals surface area contributed by atoms with E-state index in [2.05, 4.69) is 10.6 Å². The number of amides is 3. The highest BCUT2D eigenvalue weighted by molar-refractivity contribution is 5.97. The first-order chi connectivity index (χ1) is 11.5. The Morgan fingerprint density at radius 3 is 2.67 bits per heavy atom. The van der Waals surface area contributed by atoms with Crippen LogP contribution in [0.15, 0.2) is 18.2 Å². The van der Waals surface area contributed by atoms with Gasteiger partial charge in [-0.1, -0.05) is 19.9 Å². The maximum absolute atomic E-state index is 12.0. The van der Waals surface area contributed by atoms with Gasteiger partial charge in [-0.2, -0.15) is 0 Å². The molecule has 0 aliphatic heterocycles. The average molecular weight is 332 g/mol. The second kappa shape index (κ2) is 8.47. The number of ether oxygens (including phenoxy) is 1. The first-order valence-electron chi connectivity index (χ1n) is 8.32. The van der Waals surface area contributed by atoms with Crippen LogP contribution in [-0.4, -0.2) is 31.1 Å². The molecule has 24 heavy (non-hydrogen) atoms. The molecular weight excluding hydrogens is 308 g/mol. The molecule has 0 spiro atoms. The number of carbonyl (C=O) groups excluding carboxylic acids is 3. The topological polar surface area (TPSA) is 84.5 Å². The highest BCUT2D eigenvalue weighted by Crippen LogP contribution is 2.23. The van der Waals surface area contributed by atoms with E-state index in [1.165, 1.54) is 11.1 Å². The summed E-state index contributed by atoms with van der Waals surface area (Å²) < 4.78 is 4.96. The van der Waals surface area contributed by atoms with Gasteiger partial charge in [-0.25, -0.2) is 9.59 Å². The van der Waals surface area contributed by atoms with Gasteiger partial charge in [-0.15, -0.1) is 0 Å². The average Bonchev–Trinajstić information content (AvgIpc) is 2.99. The number of nitrogens with one attached hydrogen (secondary N) is 2. The fourth-order valence-electron chi connectivity index (χ4n) is 2.59. The van der Waals surface area contributed by atoms with Gasteiger partial charge in [0.15, 0.2) is 6.61 Å². The van der Waals surface area contributed by atoms with Crippen molar-refractivity contribution in [3.05, 3.63) is 34.9 Å². The van der Waals surface area contributed by atoms with Crippen LogP contribution in [0.25, 0.3) is 0 Å². The SMILES string of the molecule is CC(C)CCNC(=O)NC(=O)COC(=O)c1ccc2c(c1)CCC2. The molecule has 1 aliphatic rings. The van der Waals surface area contributed by atoms with Crippen molar-refractivity contribution in [2.75, 3.05) is 13.2 Å². The van der Waals surface area contributed by atoms with E-state index in [0.29, 0.717) is 18.0 Å². The Bertz CT molecular complexity index is 625. The van der Waals surface area contributed by atoms with Crippen LogP contribution in [0.5, 0.6) is 0 Å². The number of hydrogen-bond donors (Lipinski definition) is 2. The number of aryl methyl sites for hydroxylation is 2. The van der Waals surface area contributed by atoms with Gasteiger partial charge in [0.2, 0.25) is 0 Å². The number of fused-ring (bicyclic) bond motifs is 1. The number of benzene rings is 1. The Hall–Kier alpha value is -2.37. The van der Waals surface area contributed by atoms with E-state index < -0.39 is 24.5 Å². The molecule has 130 valence electrons. The van der Waals surface area contributed by atoms with Crippen LogP contribution in [0.1, 0.15) is 48.2 Å². The van der Waals surface area contributed by atoms with Crippen LogP contribution in [0.2, 0.25) is 0 Å². The molecular formula is C18H24N2O4. The van der Waals surface area contributed by atoms with Gasteiger partial charge in [-0.3, -0.25) is 10.1 Å². The van der Waals surface area contributed by atoms with E-state index in [-0.39, 0.29) is 0 Å². The second-order valence-electron chi connectivity index (χ2n) is 6.40. The monoisotopic (exact) mass is 332 g/mol. The lowest BCUT2D eigenvalue weighted by Gasteiger charge is -2.09. The highest BCUT2D eigenvalue weighted by atomic mass is 16.5. The highest BCUT2D eigenvalue weighted by Gasteiger charge is 2.16. The largest absolute Gasteiger partial charge is 0.452 e. The van der Waals surface area contributed by atoms with Crippen LogP contribution >= 0.6 is 0 Å². The fourth-order valence-corrected chi connectivity index (χ4v) is 2.59. The maximum Gasteiger partial charge on any atom is 0.338 e. The minimum absolute atomic E-state index is 0.435. The zero-order chi connectivity index (χ0) is 17.5. The van der Waals surface area contributed by atoms with Gasteiger partial charge < -0.3 is 10.1 Å². The first-order valence-corrected chi connectivity index (χ1v) is 8.32. The number of carbonyl (C=O) groups is 3. The quantitative estimate of drug-likeness (QED) is 0.782. The maximum atomic E-state index is 12.0. The zero-order valence-corrected chi connectivity index (χ0v) is 14.2. The molecule has 0 unspecified atom stereocenters. The molecule has 0 aromatic heterocycles. The predicted octanol–water partition coefficient (Wildman–Crippen LogP) is 2.20. The smallest absolute Gasteiger partial charge is 0.338 e. The Labute approximate surface area is 142 Å². The van der Waals surface area contributed by atoms with Crippen molar-refractivity contribution in [1.82, 2.24) is 10.6 Å². The van der Waals surface area contributed by atoms with Gasteiger partial charge >= 0.3 is 12.0 Å². The van der Waals surface area contributed by atoms with Crippen molar-refractivity contribution in [3.8, 4) is 0 Å². The molecule has 2 N–H and O–H groups in total. The van der Waals surface area contributed by atoms with E-state index in [1.54, 1.807) is 6.07 Å². The molecule has 0 atom stereocenters. The van der Waals surface area contributed by atoms with Crippen LogP contribution in [0.4, 0.5) is 4.79 Å². The summed E-state index contributed by atoms with van der Waals surface area (Å²) in [6, 6.07) is 4.89. The summed E-state index contributed by atoms with van der Waals surface area (Å²) in [7, 11) is 0. The zero-order valence-electron chi connectivity index (χ0n) is 14.2. The standard InChI is InChI=1S/C18H24N2O4/c1-12(2)8-9-19-18(23)20-16(21)11-24-17(22)15-7-6-13-4-3-5-14(13)10-15/h6-7,10,12H,3-5,8-9,11H2,1-2H3,(H2,19,20,21,23). The summed E-state index contributed by atoms with van der Waals surface area (Å²) in [6.45, 7) is 4.10. The van der Waals surface area contributed by atoms with E-state index in [0.717, 1.165) is 25.7 Å². The minimum atomic E-state index is -0.647. The van der Waals surface area contributed by atoms with Crippen LogP contribution < -0.4 is 10.6 Å². The third kappa shape index (κ3) is 5.37. The van der Waals surface area contributed by atoms with Gasteiger partial charge in [0.25, 0.3) is 5.91 Å². The lowest BCUT2D eigenvalue weighted by Crippen LogP contribution is -2.41. The number of esters is 1. The van der Waals surface area contributed by atoms with Crippen molar-refractivity contribution < 1.29 is 19.1 Å². The second-order valence-corrected chi connectivity index (χ2v) is 6.40. The minimum Gasteiger partial charge on any atom is -0.452 e. The molecule has 2 rings (SSSR count).